The van der Waals surface area contributed by atoms with Crippen molar-refractivity contribution in [3.63, 3.8) is 0 Å². The number of aromatic nitrogens is 1. The van der Waals surface area contributed by atoms with Gasteiger partial charge in [-0.3, -0.25) is 9.59 Å². The Kier molecular flexibility index (Phi) is 4.97. The Morgan fingerprint density at radius 1 is 0.786 bits per heavy atom. The minimum Gasteiger partial charge on any atom is -0.460 e. The van der Waals surface area contributed by atoms with Crippen LogP contribution in [-0.4, -0.2) is 23.4 Å². The monoisotopic (exact) mass is 370 g/mol. The summed E-state index contributed by atoms with van der Waals surface area (Å²) < 4.78 is 5.22. The molecule has 0 spiro atoms. The third-order valence-electron chi connectivity index (χ3n) is 4.45. The first kappa shape index (κ1) is 17.7. The molecule has 0 aliphatic heterocycles. The van der Waals surface area contributed by atoms with Crippen LogP contribution in [0.1, 0.15) is 15.9 Å². The molecule has 1 amide bonds. The Bertz CT molecular complexity index is 1100. The van der Waals surface area contributed by atoms with E-state index in [1.165, 1.54) is 0 Å². The van der Waals surface area contributed by atoms with E-state index in [0.29, 0.717) is 5.56 Å². The van der Waals surface area contributed by atoms with Crippen molar-refractivity contribution in [1.82, 2.24) is 10.3 Å². The Labute approximate surface area is 162 Å². The molecule has 4 rings (SSSR count). The third-order valence-corrected chi connectivity index (χ3v) is 4.45. The highest BCUT2D eigenvalue weighted by Gasteiger charge is 2.16. The number of esters is 1. The molecule has 0 saturated heterocycles. The maximum absolute atomic E-state index is 12.9. The van der Waals surface area contributed by atoms with E-state index in [9.17, 15) is 9.59 Å². The second-order valence-corrected chi connectivity index (χ2v) is 6.35. The third kappa shape index (κ3) is 3.69. The van der Waals surface area contributed by atoms with Crippen LogP contribution < -0.4 is 5.32 Å². The number of carbonyl (C=O) groups is 2. The van der Waals surface area contributed by atoms with Gasteiger partial charge in [0, 0.05) is 10.8 Å². The van der Waals surface area contributed by atoms with Gasteiger partial charge in [0.15, 0.2) is 0 Å². The second-order valence-electron chi connectivity index (χ2n) is 6.35. The molecule has 1 aromatic heterocycles. The maximum Gasteiger partial charge on any atom is 0.325 e. The Hall–Kier alpha value is -3.73. The van der Waals surface area contributed by atoms with E-state index in [2.05, 4.69) is 10.3 Å². The summed E-state index contributed by atoms with van der Waals surface area (Å²) in [5.74, 6) is -0.814. The van der Waals surface area contributed by atoms with Crippen LogP contribution in [0.3, 0.4) is 0 Å². The van der Waals surface area contributed by atoms with Crippen LogP contribution in [0.4, 0.5) is 0 Å². The van der Waals surface area contributed by atoms with Gasteiger partial charge in [-0.2, -0.15) is 0 Å². The Morgan fingerprint density at radius 3 is 2.00 bits per heavy atom. The van der Waals surface area contributed by atoms with E-state index in [-0.39, 0.29) is 19.1 Å². The summed E-state index contributed by atoms with van der Waals surface area (Å²) in [5, 5.41) is 4.17. The molecule has 1 N–H and O–H groups in total. The van der Waals surface area contributed by atoms with Crippen molar-refractivity contribution in [1.29, 1.82) is 0 Å². The first-order valence-corrected chi connectivity index (χ1v) is 8.97. The van der Waals surface area contributed by atoms with Gasteiger partial charge >= 0.3 is 5.97 Å². The standard InChI is InChI=1S/C23H18N2O3/c26-21(28-15-16-8-2-1-3-9-16)14-24-23(27)22-17-10-4-6-12-19(17)25-20-13-7-5-11-18(20)22/h1-13H,14-15H2,(H,24,27). The van der Waals surface area contributed by atoms with Gasteiger partial charge in [0.25, 0.3) is 5.91 Å². The van der Waals surface area contributed by atoms with Gasteiger partial charge < -0.3 is 10.1 Å². The molecule has 0 bridgehead atoms. The molecule has 0 radical (unpaired) electrons. The molecule has 28 heavy (non-hydrogen) atoms. The predicted octanol–water partition coefficient (Wildman–Crippen LogP) is 3.86. The topological polar surface area (TPSA) is 68.3 Å². The Balaban J connectivity index is 1.52. The fourth-order valence-corrected chi connectivity index (χ4v) is 3.11. The van der Waals surface area contributed by atoms with Crippen LogP contribution in [0, 0.1) is 0 Å². The lowest BCUT2D eigenvalue weighted by Crippen LogP contribution is -2.31. The first-order valence-electron chi connectivity index (χ1n) is 8.97. The zero-order chi connectivity index (χ0) is 19.3. The van der Waals surface area contributed by atoms with Crippen LogP contribution in [0.15, 0.2) is 78.9 Å². The molecule has 5 nitrogen and oxygen atoms in total. The van der Waals surface area contributed by atoms with Crippen LogP contribution in [0.2, 0.25) is 0 Å². The summed E-state index contributed by atoms with van der Waals surface area (Å²) in [6.45, 7) is -0.0205. The predicted molar refractivity (Wildman–Crippen MR) is 108 cm³/mol. The second kappa shape index (κ2) is 7.88. The highest BCUT2D eigenvalue weighted by molar-refractivity contribution is 6.16. The molecular weight excluding hydrogens is 352 g/mol. The lowest BCUT2D eigenvalue weighted by atomic mass is 10.0. The normalized spacial score (nSPS) is 10.7. The van der Waals surface area contributed by atoms with Crippen molar-refractivity contribution < 1.29 is 14.3 Å². The van der Waals surface area contributed by atoms with Gasteiger partial charge in [-0.05, 0) is 17.7 Å². The number of nitrogens with one attached hydrogen (secondary N) is 1. The molecular formula is C23H18N2O3. The molecule has 0 atom stereocenters. The fraction of sp³-hybridized carbons (Fsp3) is 0.0870. The molecule has 0 unspecified atom stereocenters. The molecule has 5 heteroatoms. The summed E-state index contributed by atoms with van der Waals surface area (Å²) >= 11 is 0. The summed E-state index contributed by atoms with van der Waals surface area (Å²) in [6, 6.07) is 24.4. The number of fused-ring (bicyclic) bond motifs is 2. The summed E-state index contributed by atoms with van der Waals surface area (Å²) in [6.07, 6.45) is 0. The van der Waals surface area contributed by atoms with Crippen LogP contribution >= 0.6 is 0 Å². The number of hydrogen-bond acceptors (Lipinski definition) is 4. The van der Waals surface area contributed by atoms with E-state index >= 15 is 0 Å². The number of para-hydroxylation sites is 2. The number of ether oxygens (including phenoxy) is 1. The van der Waals surface area contributed by atoms with Crippen LogP contribution in [0.5, 0.6) is 0 Å². The van der Waals surface area contributed by atoms with Crippen molar-refractivity contribution in [2.45, 2.75) is 6.61 Å². The molecule has 0 aliphatic carbocycles. The molecule has 0 fully saturated rings. The van der Waals surface area contributed by atoms with E-state index in [1.54, 1.807) is 0 Å². The highest BCUT2D eigenvalue weighted by atomic mass is 16.5. The highest BCUT2D eigenvalue weighted by Crippen LogP contribution is 2.25. The summed E-state index contributed by atoms with van der Waals surface area (Å²) in [4.78, 5) is 29.5. The maximum atomic E-state index is 12.9. The smallest absolute Gasteiger partial charge is 0.325 e. The van der Waals surface area contributed by atoms with Gasteiger partial charge in [-0.25, -0.2) is 4.98 Å². The van der Waals surface area contributed by atoms with Crippen molar-refractivity contribution in [2.24, 2.45) is 0 Å². The first-order chi connectivity index (χ1) is 13.7. The van der Waals surface area contributed by atoms with E-state index in [4.69, 9.17) is 4.74 Å². The molecule has 0 saturated carbocycles. The van der Waals surface area contributed by atoms with Gasteiger partial charge in [-0.1, -0.05) is 66.7 Å². The number of nitrogens with zero attached hydrogens (tertiary/aromatic N) is 1. The number of benzene rings is 3. The van der Waals surface area contributed by atoms with Crippen molar-refractivity contribution in [2.75, 3.05) is 6.54 Å². The van der Waals surface area contributed by atoms with Crippen LogP contribution in [-0.2, 0) is 16.1 Å². The van der Waals surface area contributed by atoms with Gasteiger partial charge in [0.1, 0.15) is 13.2 Å². The minimum absolute atomic E-state index is 0.177. The molecule has 3 aromatic carbocycles. The van der Waals surface area contributed by atoms with Gasteiger partial charge in [0.05, 0.1) is 16.6 Å². The summed E-state index contributed by atoms with van der Waals surface area (Å²) in [5.41, 5.74) is 2.88. The SMILES string of the molecule is O=C(CNC(=O)c1c2ccccc2nc2ccccc12)OCc1ccccc1. The van der Waals surface area contributed by atoms with E-state index in [1.807, 2.05) is 78.9 Å². The van der Waals surface area contributed by atoms with Crippen molar-refractivity contribution >= 4 is 33.7 Å². The quantitative estimate of drug-likeness (QED) is 0.428. The zero-order valence-electron chi connectivity index (χ0n) is 15.1. The summed E-state index contributed by atoms with van der Waals surface area (Å²) in [7, 11) is 0. The Morgan fingerprint density at radius 2 is 1.36 bits per heavy atom. The molecule has 1 heterocycles. The number of rotatable bonds is 5. The van der Waals surface area contributed by atoms with Crippen molar-refractivity contribution in [3.8, 4) is 0 Å². The fourth-order valence-electron chi connectivity index (χ4n) is 3.11. The lowest BCUT2D eigenvalue weighted by molar-refractivity contribution is -0.143. The lowest BCUT2D eigenvalue weighted by Gasteiger charge is -2.11. The van der Waals surface area contributed by atoms with Gasteiger partial charge in [-0.15, -0.1) is 0 Å². The van der Waals surface area contributed by atoms with E-state index < -0.39 is 5.97 Å². The van der Waals surface area contributed by atoms with Gasteiger partial charge in [0.2, 0.25) is 0 Å². The average Bonchev–Trinajstić information content (AvgIpc) is 2.75. The van der Waals surface area contributed by atoms with Crippen molar-refractivity contribution in [3.05, 3.63) is 90.0 Å². The molecule has 4 aromatic rings. The average molecular weight is 370 g/mol. The number of pyridine rings is 1. The van der Waals surface area contributed by atoms with Crippen LogP contribution in [0.25, 0.3) is 21.8 Å². The number of amides is 1. The van der Waals surface area contributed by atoms with E-state index in [0.717, 1.165) is 27.4 Å². The molecule has 138 valence electrons. The molecule has 0 aliphatic rings. The largest absolute Gasteiger partial charge is 0.460 e. The number of hydrogen-bond donors (Lipinski definition) is 1. The zero-order valence-corrected chi connectivity index (χ0v) is 15.1. The minimum atomic E-state index is -0.486. The number of carbonyl (C=O) groups excluding carboxylic acids is 2.